The molecule has 0 nitrogen and oxygen atoms in total. The molecule has 1 fully saturated rings. The molecule has 106 valence electrons. The van der Waals surface area contributed by atoms with Crippen LogP contribution in [0.4, 0.5) is 0 Å². The van der Waals surface area contributed by atoms with Crippen LogP contribution in [-0.4, -0.2) is 0 Å². The van der Waals surface area contributed by atoms with E-state index in [0.717, 1.165) is 0 Å². The third kappa shape index (κ3) is 1.70. The number of aryl methyl sites for hydroxylation is 2. The summed E-state index contributed by atoms with van der Waals surface area (Å²) in [6.45, 7) is 4.40. The molecule has 2 aromatic rings. The SMILES string of the molecule is C#[PH][C@]12CCCC1c1cc(C)ccc1-c1ccc(C)cc12. The number of fused-ring (bicyclic) bond motifs is 6. The van der Waals surface area contributed by atoms with E-state index in [4.69, 9.17) is 6.13 Å². The Hall–Kier alpha value is -1.48. The quantitative estimate of drug-likeness (QED) is 0.545. The normalized spacial score (nSPS) is 26.2. The van der Waals surface area contributed by atoms with Gasteiger partial charge in [0.2, 0.25) is 0 Å². The Balaban J connectivity index is 2.11. The first-order chi connectivity index (χ1) is 10.2. The second kappa shape index (κ2) is 4.51. The minimum absolute atomic E-state index is 0.197. The van der Waals surface area contributed by atoms with Gasteiger partial charge in [0.1, 0.15) is 0 Å². The van der Waals surface area contributed by atoms with Crippen molar-refractivity contribution in [2.45, 2.75) is 44.2 Å². The summed E-state index contributed by atoms with van der Waals surface area (Å²) in [7, 11) is 0.492. The average molecular weight is 292 g/mol. The van der Waals surface area contributed by atoms with Gasteiger partial charge >= 0.3 is 0 Å². The molecule has 0 saturated heterocycles. The summed E-state index contributed by atoms with van der Waals surface area (Å²) >= 11 is 0. The van der Waals surface area contributed by atoms with Crippen LogP contribution in [0, 0.1) is 20.0 Å². The van der Waals surface area contributed by atoms with Crippen LogP contribution in [0.1, 0.15) is 47.4 Å². The largest absolute Gasteiger partial charge is 0.150 e. The molecule has 2 aromatic carbocycles. The van der Waals surface area contributed by atoms with Crippen molar-refractivity contribution in [2.75, 3.05) is 0 Å². The van der Waals surface area contributed by atoms with Crippen LogP contribution in [0.2, 0.25) is 0 Å². The highest BCUT2D eigenvalue weighted by Gasteiger charge is 2.47. The van der Waals surface area contributed by atoms with E-state index in [1.165, 1.54) is 47.1 Å². The summed E-state index contributed by atoms with van der Waals surface area (Å²) in [4.78, 5) is 0. The zero-order valence-electron chi connectivity index (χ0n) is 12.7. The first-order valence-electron chi connectivity index (χ1n) is 7.85. The third-order valence-corrected chi connectivity index (χ3v) is 6.83. The molecular formula is C20H21P. The van der Waals surface area contributed by atoms with Gasteiger partial charge in [-0.1, -0.05) is 53.9 Å². The molecule has 0 amide bonds. The maximum Gasteiger partial charge on any atom is 0.0410 e. The molecule has 4 rings (SSSR count). The smallest absolute Gasteiger partial charge is 0.0410 e. The molecule has 3 atom stereocenters. The van der Waals surface area contributed by atoms with Crippen molar-refractivity contribution in [2.24, 2.45) is 0 Å². The van der Waals surface area contributed by atoms with Gasteiger partial charge in [-0.3, -0.25) is 0 Å². The molecule has 0 spiro atoms. The lowest BCUT2D eigenvalue weighted by molar-refractivity contribution is 0.558. The molecular weight excluding hydrogens is 271 g/mol. The number of hydrogen-bond acceptors (Lipinski definition) is 0. The monoisotopic (exact) mass is 292 g/mol. The summed E-state index contributed by atoms with van der Waals surface area (Å²) < 4.78 is 0. The van der Waals surface area contributed by atoms with Crippen LogP contribution in [0.3, 0.4) is 0 Å². The van der Waals surface area contributed by atoms with E-state index in [-0.39, 0.29) is 5.16 Å². The van der Waals surface area contributed by atoms with Crippen molar-refractivity contribution in [3.63, 3.8) is 0 Å². The lowest BCUT2D eigenvalue weighted by Gasteiger charge is -2.40. The van der Waals surface area contributed by atoms with E-state index in [2.05, 4.69) is 50.2 Å². The van der Waals surface area contributed by atoms with E-state index < -0.39 is 0 Å². The van der Waals surface area contributed by atoms with Gasteiger partial charge in [-0.25, -0.2) is 0 Å². The Labute approximate surface area is 128 Å². The molecule has 0 radical (unpaired) electrons. The minimum Gasteiger partial charge on any atom is -0.150 e. The van der Waals surface area contributed by atoms with Crippen molar-refractivity contribution in [3.8, 4) is 17.3 Å². The second-order valence-electron chi connectivity index (χ2n) is 6.70. The third-order valence-electron chi connectivity index (χ3n) is 5.44. The van der Waals surface area contributed by atoms with Crippen LogP contribution in [0.25, 0.3) is 11.1 Å². The summed E-state index contributed by atoms with van der Waals surface area (Å²) in [6.07, 6.45) is 10.2. The van der Waals surface area contributed by atoms with Crippen LogP contribution >= 0.6 is 8.04 Å². The number of hydrogen-bond donors (Lipinski definition) is 0. The molecule has 0 N–H and O–H groups in total. The predicted molar refractivity (Wildman–Crippen MR) is 92.9 cm³/mol. The molecule has 2 aliphatic rings. The molecule has 21 heavy (non-hydrogen) atoms. The van der Waals surface area contributed by atoms with Gasteiger partial charge in [-0.15, -0.1) is 14.2 Å². The molecule has 1 saturated carbocycles. The average Bonchev–Trinajstić information content (AvgIpc) is 2.93. The van der Waals surface area contributed by atoms with Gasteiger partial charge < -0.3 is 0 Å². The lowest BCUT2D eigenvalue weighted by Crippen LogP contribution is -2.27. The van der Waals surface area contributed by atoms with Gasteiger partial charge in [0, 0.05) is 11.1 Å². The number of benzene rings is 2. The van der Waals surface area contributed by atoms with Crippen molar-refractivity contribution >= 4 is 8.04 Å². The Morgan fingerprint density at radius 1 is 1.05 bits per heavy atom. The van der Waals surface area contributed by atoms with E-state index >= 15 is 0 Å². The van der Waals surface area contributed by atoms with Crippen molar-refractivity contribution < 1.29 is 0 Å². The Morgan fingerprint density at radius 3 is 2.52 bits per heavy atom. The van der Waals surface area contributed by atoms with E-state index in [0.29, 0.717) is 14.0 Å². The fourth-order valence-corrected chi connectivity index (χ4v) is 5.66. The maximum absolute atomic E-state index is 6.37. The van der Waals surface area contributed by atoms with Gasteiger partial charge in [0.15, 0.2) is 0 Å². The fraction of sp³-hybridized carbons (Fsp3) is 0.350. The zero-order valence-corrected chi connectivity index (χ0v) is 13.7. The van der Waals surface area contributed by atoms with Crippen molar-refractivity contribution in [1.82, 2.24) is 0 Å². The van der Waals surface area contributed by atoms with E-state index in [1.807, 2.05) is 0 Å². The molecule has 0 aliphatic heterocycles. The standard InChI is InChI=1S/C20H21P/c1-13-6-8-15-16-9-7-14(2)12-19(16)20(21-3)10-4-5-18(20)17(15)11-13/h3,6-9,11-12,18,21H,4-5,10H2,1-2H3/t18?,20-/m1/s1. The molecule has 1 heteroatoms. The Bertz CT molecular complexity index is 781. The van der Waals surface area contributed by atoms with E-state index in [1.54, 1.807) is 5.56 Å². The van der Waals surface area contributed by atoms with Crippen LogP contribution < -0.4 is 0 Å². The second-order valence-corrected chi connectivity index (χ2v) is 7.88. The summed E-state index contributed by atoms with van der Waals surface area (Å²) in [5, 5.41) is 0.197. The topological polar surface area (TPSA) is 0 Å². The highest BCUT2D eigenvalue weighted by molar-refractivity contribution is 7.27. The first-order valence-corrected chi connectivity index (χ1v) is 8.93. The minimum atomic E-state index is 0.197. The number of rotatable bonds is 0. The first kappa shape index (κ1) is 13.2. The molecule has 0 bridgehead atoms. The van der Waals surface area contributed by atoms with E-state index in [9.17, 15) is 0 Å². The fourth-order valence-electron chi connectivity index (χ4n) is 4.48. The Kier molecular flexibility index (Phi) is 2.83. The van der Waals surface area contributed by atoms with Gasteiger partial charge in [0.05, 0.1) is 0 Å². The summed E-state index contributed by atoms with van der Waals surface area (Å²) in [5.41, 5.74) is 8.64. The summed E-state index contributed by atoms with van der Waals surface area (Å²) in [6, 6.07) is 13.9. The van der Waals surface area contributed by atoms with Gasteiger partial charge in [0.25, 0.3) is 0 Å². The van der Waals surface area contributed by atoms with Gasteiger partial charge in [-0.2, -0.15) is 0 Å². The predicted octanol–water partition coefficient (Wildman–Crippen LogP) is 5.71. The van der Waals surface area contributed by atoms with Crippen molar-refractivity contribution in [3.05, 3.63) is 58.7 Å². The lowest BCUT2D eigenvalue weighted by atomic mass is 9.71. The van der Waals surface area contributed by atoms with Crippen molar-refractivity contribution in [1.29, 1.82) is 0 Å². The van der Waals surface area contributed by atoms with Crippen LogP contribution in [-0.2, 0) is 5.16 Å². The van der Waals surface area contributed by atoms with Crippen LogP contribution in [0.15, 0.2) is 36.4 Å². The van der Waals surface area contributed by atoms with Crippen LogP contribution in [0.5, 0.6) is 0 Å². The Morgan fingerprint density at radius 2 is 1.76 bits per heavy atom. The molecule has 0 aromatic heterocycles. The highest BCUT2D eigenvalue weighted by atomic mass is 31.0. The maximum atomic E-state index is 6.37. The molecule has 2 aliphatic carbocycles. The molecule has 2 unspecified atom stereocenters. The molecule has 0 heterocycles. The highest BCUT2D eigenvalue weighted by Crippen LogP contribution is 2.62. The summed E-state index contributed by atoms with van der Waals surface area (Å²) in [5.74, 6) is 0.616. The van der Waals surface area contributed by atoms with Gasteiger partial charge in [-0.05, 0) is 48.9 Å². The zero-order chi connectivity index (χ0) is 14.6.